The van der Waals surface area contributed by atoms with Gasteiger partial charge < -0.3 is 4.90 Å². The first kappa shape index (κ1) is 17.0. The summed E-state index contributed by atoms with van der Waals surface area (Å²) in [6.07, 6.45) is 4.83. The number of carbonyl (C=O) groups is 1. The van der Waals surface area contributed by atoms with E-state index in [0.29, 0.717) is 18.4 Å². The lowest BCUT2D eigenvalue weighted by molar-refractivity contribution is -0.131. The number of carbonyl (C=O) groups excluding carboxylic acids is 1. The van der Waals surface area contributed by atoms with Gasteiger partial charge in [-0.15, -0.1) is 11.3 Å². The summed E-state index contributed by atoms with van der Waals surface area (Å²) in [7, 11) is 1.84. The zero-order chi connectivity index (χ0) is 16.1. The van der Waals surface area contributed by atoms with Crippen molar-refractivity contribution in [1.82, 2.24) is 14.5 Å². The van der Waals surface area contributed by atoms with E-state index in [1.165, 1.54) is 22.2 Å². The van der Waals surface area contributed by atoms with E-state index in [1.807, 2.05) is 18.7 Å². The summed E-state index contributed by atoms with van der Waals surface area (Å²) in [4.78, 5) is 31.4. The van der Waals surface area contributed by atoms with Gasteiger partial charge in [-0.25, -0.2) is 4.98 Å². The molecule has 0 aliphatic rings. The molecule has 0 aliphatic carbocycles. The van der Waals surface area contributed by atoms with E-state index in [2.05, 4.69) is 11.9 Å². The Morgan fingerprint density at radius 2 is 2.32 bits per heavy atom. The molecule has 0 radical (unpaired) electrons. The Bertz CT molecular complexity index is 695. The number of fused-ring (bicyclic) bond motifs is 1. The van der Waals surface area contributed by atoms with Crippen molar-refractivity contribution < 1.29 is 4.79 Å². The highest BCUT2D eigenvalue weighted by molar-refractivity contribution is 7.98. The fourth-order valence-electron chi connectivity index (χ4n) is 2.34. The maximum Gasteiger partial charge on any atom is 0.262 e. The molecule has 120 valence electrons. The fourth-order valence-corrected chi connectivity index (χ4v) is 3.91. The average molecular weight is 339 g/mol. The number of rotatable bonds is 7. The first-order chi connectivity index (χ1) is 10.6. The zero-order valence-corrected chi connectivity index (χ0v) is 14.7. The number of hydrogen-bond acceptors (Lipinski definition) is 5. The molecule has 0 saturated heterocycles. The largest absolute Gasteiger partial charge is 0.342 e. The van der Waals surface area contributed by atoms with Crippen LogP contribution >= 0.6 is 23.1 Å². The molecular formula is C15H21N3O2S2. The van der Waals surface area contributed by atoms with Crippen LogP contribution in [0.5, 0.6) is 0 Å². The monoisotopic (exact) mass is 339 g/mol. The van der Waals surface area contributed by atoms with Crippen LogP contribution < -0.4 is 5.56 Å². The molecular weight excluding hydrogens is 318 g/mol. The predicted molar refractivity (Wildman–Crippen MR) is 93.7 cm³/mol. The van der Waals surface area contributed by atoms with Gasteiger partial charge in [-0.1, -0.05) is 6.92 Å². The standard InChI is InChI=1S/C15H21N3O2S2/c1-4-11(9-21-3)17(2)13(19)5-7-18-10-16-14-12(15(18)20)6-8-22-14/h6,8,10-11H,4-5,7,9H2,1-3H3/t11-/m1/s1. The summed E-state index contributed by atoms with van der Waals surface area (Å²) in [6, 6.07) is 2.03. The average Bonchev–Trinajstić information content (AvgIpc) is 3.00. The smallest absolute Gasteiger partial charge is 0.262 e. The zero-order valence-electron chi connectivity index (χ0n) is 13.1. The third-order valence-corrected chi connectivity index (χ3v) is 5.33. The van der Waals surface area contributed by atoms with E-state index in [1.54, 1.807) is 22.7 Å². The molecule has 0 spiro atoms. The minimum absolute atomic E-state index is 0.0678. The maximum absolute atomic E-state index is 12.3. The van der Waals surface area contributed by atoms with Crippen molar-refractivity contribution in [2.24, 2.45) is 0 Å². The van der Waals surface area contributed by atoms with Gasteiger partial charge in [0.1, 0.15) is 4.83 Å². The summed E-state index contributed by atoms with van der Waals surface area (Å²) >= 11 is 3.19. The molecule has 2 aromatic rings. The van der Waals surface area contributed by atoms with Gasteiger partial charge >= 0.3 is 0 Å². The van der Waals surface area contributed by atoms with Gasteiger partial charge in [0.2, 0.25) is 5.91 Å². The summed E-state index contributed by atoms with van der Waals surface area (Å²) in [5.41, 5.74) is -0.0714. The van der Waals surface area contributed by atoms with Crippen LogP contribution in [0.15, 0.2) is 22.6 Å². The molecule has 0 aliphatic heterocycles. The summed E-state index contributed by atoms with van der Waals surface area (Å²) in [5, 5.41) is 2.48. The van der Waals surface area contributed by atoms with E-state index in [-0.39, 0.29) is 17.5 Å². The Balaban J connectivity index is 2.03. The molecule has 0 unspecified atom stereocenters. The molecule has 0 fully saturated rings. The molecule has 0 N–H and O–H groups in total. The molecule has 0 aromatic carbocycles. The van der Waals surface area contributed by atoms with Crippen molar-refractivity contribution in [3.8, 4) is 0 Å². The normalized spacial score (nSPS) is 12.5. The van der Waals surface area contributed by atoms with Crippen LogP contribution in [0.1, 0.15) is 19.8 Å². The Morgan fingerprint density at radius 3 is 3.00 bits per heavy atom. The van der Waals surface area contributed by atoms with Gasteiger partial charge in [0.15, 0.2) is 0 Å². The summed E-state index contributed by atoms with van der Waals surface area (Å²) in [6.45, 7) is 2.46. The molecule has 7 heteroatoms. The topological polar surface area (TPSA) is 55.2 Å². The first-order valence-electron chi connectivity index (χ1n) is 7.25. The Hall–Kier alpha value is -1.34. The van der Waals surface area contributed by atoms with Gasteiger partial charge in [-0.3, -0.25) is 14.2 Å². The third-order valence-electron chi connectivity index (χ3n) is 3.79. The van der Waals surface area contributed by atoms with Crippen LogP contribution in [0.3, 0.4) is 0 Å². The predicted octanol–water partition coefficient (Wildman–Crippen LogP) is 2.45. The van der Waals surface area contributed by atoms with E-state index in [0.717, 1.165) is 17.0 Å². The van der Waals surface area contributed by atoms with Gasteiger partial charge in [-0.2, -0.15) is 11.8 Å². The minimum atomic E-state index is -0.0714. The van der Waals surface area contributed by atoms with Crippen molar-refractivity contribution in [3.63, 3.8) is 0 Å². The van der Waals surface area contributed by atoms with Crippen LogP contribution in [0.4, 0.5) is 0 Å². The second-order valence-corrected chi connectivity index (χ2v) is 6.96. The van der Waals surface area contributed by atoms with Crippen molar-refractivity contribution in [2.75, 3.05) is 19.1 Å². The molecule has 2 aromatic heterocycles. The molecule has 1 atom stereocenters. The minimum Gasteiger partial charge on any atom is -0.342 e. The van der Waals surface area contributed by atoms with Gasteiger partial charge in [-0.05, 0) is 24.1 Å². The second-order valence-electron chi connectivity index (χ2n) is 5.15. The van der Waals surface area contributed by atoms with Crippen LogP contribution in [0.25, 0.3) is 10.2 Å². The SMILES string of the molecule is CC[C@H](CSC)N(C)C(=O)CCn1cnc2sccc2c1=O. The van der Waals surface area contributed by atoms with Crippen molar-refractivity contribution in [3.05, 3.63) is 28.1 Å². The highest BCUT2D eigenvalue weighted by atomic mass is 32.2. The molecule has 22 heavy (non-hydrogen) atoms. The van der Waals surface area contributed by atoms with Gasteiger partial charge in [0, 0.05) is 31.8 Å². The van der Waals surface area contributed by atoms with Crippen molar-refractivity contribution in [1.29, 1.82) is 0 Å². The van der Waals surface area contributed by atoms with E-state index in [9.17, 15) is 9.59 Å². The highest BCUT2D eigenvalue weighted by Gasteiger charge is 2.18. The number of thioether (sulfide) groups is 1. The number of thiophene rings is 1. The Labute approximate surface area is 138 Å². The van der Waals surface area contributed by atoms with Gasteiger partial charge in [0.25, 0.3) is 5.56 Å². The summed E-state index contributed by atoms with van der Waals surface area (Å²) < 4.78 is 1.52. The Morgan fingerprint density at radius 1 is 1.55 bits per heavy atom. The van der Waals surface area contributed by atoms with E-state index < -0.39 is 0 Å². The lowest BCUT2D eigenvalue weighted by Crippen LogP contribution is -2.39. The number of aromatic nitrogens is 2. The quantitative estimate of drug-likeness (QED) is 0.777. The maximum atomic E-state index is 12.3. The van der Waals surface area contributed by atoms with Crippen molar-refractivity contribution >= 4 is 39.2 Å². The molecule has 1 amide bonds. The first-order valence-corrected chi connectivity index (χ1v) is 9.53. The highest BCUT2D eigenvalue weighted by Crippen LogP contribution is 2.14. The number of aryl methyl sites for hydroxylation is 1. The number of amides is 1. The lowest BCUT2D eigenvalue weighted by Gasteiger charge is -2.26. The third kappa shape index (κ3) is 3.70. The van der Waals surface area contributed by atoms with Crippen LogP contribution in [0.2, 0.25) is 0 Å². The number of nitrogens with zero attached hydrogens (tertiary/aromatic N) is 3. The van der Waals surface area contributed by atoms with Crippen LogP contribution in [0, 0.1) is 0 Å². The van der Waals surface area contributed by atoms with E-state index >= 15 is 0 Å². The van der Waals surface area contributed by atoms with Gasteiger partial charge in [0.05, 0.1) is 11.7 Å². The lowest BCUT2D eigenvalue weighted by atomic mass is 10.2. The fraction of sp³-hybridized carbons (Fsp3) is 0.533. The van der Waals surface area contributed by atoms with Crippen LogP contribution in [-0.4, -0.2) is 45.5 Å². The Kier molecular flexibility index (Phi) is 6.02. The van der Waals surface area contributed by atoms with Crippen LogP contribution in [-0.2, 0) is 11.3 Å². The van der Waals surface area contributed by atoms with Crippen molar-refractivity contribution in [2.45, 2.75) is 32.4 Å². The molecule has 0 bridgehead atoms. The molecule has 0 saturated carbocycles. The molecule has 2 heterocycles. The van der Waals surface area contributed by atoms with E-state index in [4.69, 9.17) is 0 Å². The molecule has 5 nitrogen and oxygen atoms in total. The molecule has 2 rings (SSSR count). The number of hydrogen-bond donors (Lipinski definition) is 0. The summed E-state index contributed by atoms with van der Waals surface area (Å²) in [5.74, 6) is 0.999. The second kappa shape index (κ2) is 7.78.